The maximum absolute atomic E-state index is 14.6. The third-order valence-electron chi connectivity index (χ3n) is 9.98. The number of carboxylic acid groups (broad SMARTS) is 1. The van der Waals surface area contributed by atoms with E-state index in [4.69, 9.17) is 14.5 Å². The minimum atomic E-state index is -1.48. The molecule has 3 fully saturated rings. The quantitative estimate of drug-likeness (QED) is 0.225. The molecule has 1 aromatic heterocycles. The second-order valence-electron chi connectivity index (χ2n) is 14.7. The fourth-order valence-electron chi connectivity index (χ4n) is 7.33. The molecule has 2 aromatic carbocycles. The van der Waals surface area contributed by atoms with Crippen molar-refractivity contribution in [3.05, 3.63) is 73.3 Å². The number of aliphatic carboxylic acids is 1. The van der Waals surface area contributed by atoms with Crippen molar-refractivity contribution < 1.29 is 33.8 Å². The van der Waals surface area contributed by atoms with Crippen LogP contribution in [0.2, 0.25) is 0 Å². The van der Waals surface area contributed by atoms with Crippen LogP contribution in [-0.2, 0) is 19.1 Å². The molecule has 3 aromatic rings. The first-order valence-corrected chi connectivity index (χ1v) is 17.5. The Hall–Kier alpha value is -4.93. The maximum Gasteiger partial charge on any atom is 0.408 e. The van der Waals surface area contributed by atoms with Gasteiger partial charge in [0.1, 0.15) is 35.1 Å². The number of para-hydroxylation sites is 1. The van der Waals surface area contributed by atoms with Gasteiger partial charge in [0.2, 0.25) is 11.8 Å². The average Bonchev–Trinajstić information content (AvgIpc) is 3.66. The lowest BCUT2D eigenvalue weighted by Gasteiger charge is -2.35. The van der Waals surface area contributed by atoms with Crippen LogP contribution >= 0.6 is 0 Å². The zero-order valence-electron chi connectivity index (χ0n) is 28.9. The van der Waals surface area contributed by atoms with Gasteiger partial charge in [0, 0.05) is 29.4 Å². The van der Waals surface area contributed by atoms with Crippen molar-refractivity contribution in [2.75, 3.05) is 6.54 Å². The molecule has 3 N–H and O–H groups in total. The lowest BCUT2D eigenvalue weighted by molar-refractivity contribution is -0.146. The molecule has 2 heterocycles. The molecule has 11 nitrogen and oxygen atoms in total. The van der Waals surface area contributed by atoms with Crippen LogP contribution in [0.4, 0.5) is 4.79 Å². The minimum Gasteiger partial charge on any atom is -0.488 e. The van der Waals surface area contributed by atoms with E-state index in [-0.39, 0.29) is 25.3 Å². The molecule has 11 heteroatoms. The van der Waals surface area contributed by atoms with Gasteiger partial charge >= 0.3 is 12.1 Å². The molecular formula is C39H46N4O7. The van der Waals surface area contributed by atoms with E-state index in [2.05, 4.69) is 17.2 Å². The van der Waals surface area contributed by atoms with Crippen molar-refractivity contribution in [1.29, 1.82) is 0 Å². The van der Waals surface area contributed by atoms with Crippen molar-refractivity contribution in [1.82, 2.24) is 20.5 Å². The van der Waals surface area contributed by atoms with Gasteiger partial charge in [-0.1, -0.05) is 67.8 Å². The number of hydrogen-bond acceptors (Lipinski definition) is 7. The first-order valence-electron chi connectivity index (χ1n) is 17.5. The van der Waals surface area contributed by atoms with Gasteiger partial charge in [-0.3, -0.25) is 9.59 Å². The molecular weight excluding hydrogens is 636 g/mol. The number of carbonyl (C=O) groups excluding carboxylic acids is 3. The molecule has 3 aliphatic rings. The Bertz CT molecular complexity index is 1770. The third kappa shape index (κ3) is 7.46. The fraction of sp³-hybridized carbons (Fsp3) is 0.462. The van der Waals surface area contributed by atoms with Crippen LogP contribution in [-0.4, -0.2) is 74.7 Å². The number of pyridine rings is 1. The number of aromatic nitrogens is 1. The SMILES string of the molecule is C=CC1CC1(NC(=O)[C@@H]1CC(Oc2cc(-c3ccccc3)nc3ccccc23)CN1C(=O)[C@@H](NC(=O)OC(C)(C)C)C1CCCCC1)C(=O)O. The number of nitrogens with one attached hydrogen (secondary N) is 2. The van der Waals surface area contributed by atoms with Gasteiger partial charge in [0.15, 0.2) is 0 Å². The smallest absolute Gasteiger partial charge is 0.408 e. The highest BCUT2D eigenvalue weighted by atomic mass is 16.6. The third-order valence-corrected chi connectivity index (χ3v) is 9.98. The molecule has 3 amide bonds. The molecule has 0 bridgehead atoms. The van der Waals surface area contributed by atoms with Gasteiger partial charge in [0.25, 0.3) is 0 Å². The van der Waals surface area contributed by atoms with Crippen molar-refractivity contribution >= 4 is 34.8 Å². The number of ether oxygens (including phenoxy) is 2. The normalized spacial score (nSPS) is 24.2. The molecule has 2 aliphatic carbocycles. The highest BCUT2D eigenvalue weighted by molar-refractivity contribution is 5.96. The predicted octanol–water partition coefficient (Wildman–Crippen LogP) is 5.87. The van der Waals surface area contributed by atoms with Crippen LogP contribution in [0.25, 0.3) is 22.2 Å². The fourth-order valence-corrected chi connectivity index (χ4v) is 7.33. The number of rotatable bonds is 10. The van der Waals surface area contributed by atoms with E-state index in [1.54, 1.807) is 20.8 Å². The summed E-state index contributed by atoms with van der Waals surface area (Å²) in [6, 6.07) is 17.3. The van der Waals surface area contributed by atoms with E-state index in [0.717, 1.165) is 48.6 Å². The topological polar surface area (TPSA) is 147 Å². The van der Waals surface area contributed by atoms with Gasteiger partial charge in [-0.2, -0.15) is 0 Å². The van der Waals surface area contributed by atoms with Crippen LogP contribution in [0.5, 0.6) is 5.75 Å². The Morgan fingerprint density at radius 3 is 2.40 bits per heavy atom. The summed E-state index contributed by atoms with van der Waals surface area (Å²) in [7, 11) is 0. The monoisotopic (exact) mass is 682 g/mol. The second kappa shape index (κ2) is 14.1. The van der Waals surface area contributed by atoms with Gasteiger partial charge in [-0.25, -0.2) is 14.6 Å². The first kappa shape index (κ1) is 34.9. The summed E-state index contributed by atoms with van der Waals surface area (Å²) in [5.74, 6) is -2.17. The molecule has 1 aliphatic heterocycles. The predicted molar refractivity (Wildman–Crippen MR) is 188 cm³/mol. The second-order valence-corrected chi connectivity index (χ2v) is 14.7. The number of nitrogens with zero attached hydrogens (tertiary/aromatic N) is 2. The standard InChI is InChI=1S/C39H46N4O7/c1-5-26-22-39(26,36(46)47)42-34(44)31-20-27(49-32-21-30(24-14-8-6-9-15-24)40-29-19-13-12-18-28(29)32)23-43(31)35(45)33(25-16-10-7-11-17-25)41-37(48)50-38(2,3)4/h5-6,8-9,12-15,18-19,21,25-27,31,33H,1,7,10-11,16-17,20,22-23H2,2-4H3,(H,41,48)(H,42,44)(H,46,47)/t26?,27?,31-,33-,39?/m0/s1. The molecule has 264 valence electrons. The summed E-state index contributed by atoms with van der Waals surface area (Å²) in [6.07, 6.45) is 4.90. The van der Waals surface area contributed by atoms with Crippen LogP contribution in [0, 0.1) is 11.8 Å². The Morgan fingerprint density at radius 1 is 1.04 bits per heavy atom. The molecule has 0 radical (unpaired) electrons. The van der Waals surface area contributed by atoms with Crippen molar-refractivity contribution in [3.8, 4) is 17.0 Å². The number of carboxylic acids is 1. The molecule has 6 rings (SSSR count). The largest absolute Gasteiger partial charge is 0.488 e. The Balaban J connectivity index is 1.33. The zero-order chi connectivity index (χ0) is 35.6. The number of carbonyl (C=O) groups is 4. The molecule has 3 unspecified atom stereocenters. The highest BCUT2D eigenvalue weighted by Crippen LogP contribution is 2.45. The van der Waals surface area contributed by atoms with E-state index in [1.807, 2.05) is 60.7 Å². The zero-order valence-corrected chi connectivity index (χ0v) is 28.9. The number of hydrogen-bond donors (Lipinski definition) is 3. The Labute approximate surface area is 292 Å². The summed E-state index contributed by atoms with van der Waals surface area (Å²) in [5.41, 5.74) is 0.104. The molecule has 50 heavy (non-hydrogen) atoms. The number of benzene rings is 2. The molecule has 1 saturated heterocycles. The number of likely N-dealkylation sites (tertiary alicyclic amines) is 1. The summed E-state index contributed by atoms with van der Waals surface area (Å²) in [4.78, 5) is 60.4. The number of alkyl carbamates (subject to hydrolysis) is 1. The van der Waals surface area contributed by atoms with Crippen molar-refractivity contribution in [2.45, 2.75) is 95.0 Å². The summed E-state index contributed by atoms with van der Waals surface area (Å²) in [6.45, 7) is 9.05. The van der Waals surface area contributed by atoms with Crippen LogP contribution in [0.15, 0.2) is 73.3 Å². The molecule has 2 saturated carbocycles. The minimum absolute atomic E-state index is 0.0540. The van der Waals surface area contributed by atoms with Gasteiger partial charge in [0.05, 0.1) is 17.8 Å². The van der Waals surface area contributed by atoms with Crippen LogP contribution in [0.3, 0.4) is 0 Å². The summed E-state index contributed by atoms with van der Waals surface area (Å²) in [5, 5.41) is 16.4. The van der Waals surface area contributed by atoms with Gasteiger partial charge in [-0.15, -0.1) is 6.58 Å². The summed E-state index contributed by atoms with van der Waals surface area (Å²) < 4.78 is 12.2. The van der Waals surface area contributed by atoms with Crippen molar-refractivity contribution in [3.63, 3.8) is 0 Å². The lowest BCUT2D eigenvalue weighted by atomic mass is 9.83. The lowest BCUT2D eigenvalue weighted by Crippen LogP contribution is -2.58. The molecule has 0 spiro atoms. The Morgan fingerprint density at radius 2 is 1.74 bits per heavy atom. The first-order chi connectivity index (χ1) is 23.9. The van der Waals surface area contributed by atoms with E-state index in [0.29, 0.717) is 11.4 Å². The highest BCUT2D eigenvalue weighted by Gasteiger charge is 2.61. The Kier molecular flexibility index (Phi) is 9.87. The molecule has 5 atom stereocenters. The average molecular weight is 683 g/mol. The van der Waals surface area contributed by atoms with Gasteiger partial charge in [-0.05, 0) is 58.1 Å². The van der Waals surface area contributed by atoms with Crippen LogP contribution in [0.1, 0.15) is 65.7 Å². The number of amides is 3. The van der Waals surface area contributed by atoms with Crippen molar-refractivity contribution in [2.24, 2.45) is 11.8 Å². The van der Waals surface area contributed by atoms with Gasteiger partial charge < -0.3 is 30.1 Å². The van der Waals surface area contributed by atoms with E-state index in [9.17, 15) is 24.3 Å². The summed E-state index contributed by atoms with van der Waals surface area (Å²) >= 11 is 0. The van der Waals surface area contributed by atoms with E-state index < -0.39 is 59.1 Å². The van der Waals surface area contributed by atoms with E-state index >= 15 is 0 Å². The number of fused-ring (bicyclic) bond motifs is 1. The van der Waals surface area contributed by atoms with E-state index in [1.165, 1.54) is 11.0 Å². The van der Waals surface area contributed by atoms with Crippen LogP contribution < -0.4 is 15.4 Å². The maximum atomic E-state index is 14.6.